The number of hydrogen-bond acceptors (Lipinski definition) is 4. The molecule has 19 heavy (non-hydrogen) atoms. The van der Waals surface area contributed by atoms with Crippen molar-refractivity contribution < 1.29 is 14.7 Å². The third kappa shape index (κ3) is 4.26. The molecular formula is C12H15N3O3S. The summed E-state index contributed by atoms with van der Waals surface area (Å²) < 4.78 is 0. The first kappa shape index (κ1) is 15.0. The van der Waals surface area contributed by atoms with E-state index in [1.165, 1.54) is 16.2 Å². The second-order valence-electron chi connectivity index (χ2n) is 3.95. The molecule has 2 amide bonds. The third-order valence-electron chi connectivity index (χ3n) is 2.43. The molecule has 0 saturated heterocycles. The normalized spacial score (nSPS) is 9.74. The van der Waals surface area contributed by atoms with Crippen LogP contribution >= 0.6 is 11.3 Å². The molecule has 6 nitrogen and oxygen atoms in total. The molecule has 0 spiro atoms. The number of rotatable bonds is 5. The fourth-order valence-electron chi connectivity index (χ4n) is 1.47. The molecule has 0 aliphatic heterocycles. The minimum atomic E-state index is -1.09. The number of aliphatic carboxylic acids is 1. The van der Waals surface area contributed by atoms with Crippen LogP contribution in [-0.2, 0) is 11.3 Å². The second-order valence-corrected chi connectivity index (χ2v) is 4.89. The van der Waals surface area contributed by atoms with E-state index < -0.39 is 18.5 Å². The highest BCUT2D eigenvalue weighted by Gasteiger charge is 2.20. The van der Waals surface area contributed by atoms with Crippen LogP contribution < -0.4 is 0 Å². The summed E-state index contributed by atoms with van der Waals surface area (Å²) in [6, 6.07) is -0.409. The van der Waals surface area contributed by atoms with Crippen molar-refractivity contribution in [1.82, 2.24) is 14.8 Å². The number of aryl methyl sites for hydroxylation is 1. The van der Waals surface area contributed by atoms with Gasteiger partial charge in [0.15, 0.2) is 0 Å². The topological polar surface area (TPSA) is 73.7 Å². The number of urea groups is 1. The highest BCUT2D eigenvalue weighted by molar-refractivity contribution is 7.09. The van der Waals surface area contributed by atoms with Gasteiger partial charge in [0, 0.05) is 11.9 Å². The molecule has 0 bridgehead atoms. The number of thiazole rings is 1. The van der Waals surface area contributed by atoms with Crippen molar-refractivity contribution in [1.29, 1.82) is 0 Å². The molecular weight excluding hydrogens is 266 g/mol. The molecule has 1 aromatic rings. The van der Waals surface area contributed by atoms with Gasteiger partial charge < -0.3 is 14.9 Å². The van der Waals surface area contributed by atoms with Gasteiger partial charge in [-0.05, 0) is 6.92 Å². The van der Waals surface area contributed by atoms with Gasteiger partial charge in [0.25, 0.3) is 0 Å². The molecule has 0 fully saturated rings. The number of carboxylic acids is 1. The van der Waals surface area contributed by atoms with Crippen molar-refractivity contribution in [2.24, 2.45) is 0 Å². The van der Waals surface area contributed by atoms with E-state index in [1.54, 1.807) is 12.6 Å². The maximum absolute atomic E-state index is 12.1. The molecule has 0 saturated carbocycles. The van der Waals surface area contributed by atoms with Crippen molar-refractivity contribution in [2.75, 3.05) is 20.1 Å². The predicted molar refractivity (Wildman–Crippen MR) is 71.8 cm³/mol. The predicted octanol–water partition coefficient (Wildman–Crippen LogP) is 1.02. The largest absolute Gasteiger partial charge is 0.480 e. The molecule has 0 aromatic carbocycles. The summed E-state index contributed by atoms with van der Waals surface area (Å²) in [6.45, 7) is 1.81. The number of amides is 2. The van der Waals surface area contributed by atoms with E-state index in [2.05, 4.69) is 10.9 Å². The van der Waals surface area contributed by atoms with Gasteiger partial charge in [-0.1, -0.05) is 5.92 Å². The molecule has 0 unspecified atom stereocenters. The Kier molecular flexibility index (Phi) is 5.33. The summed E-state index contributed by atoms with van der Waals surface area (Å²) in [5.74, 6) is 1.19. The number of carbonyl (C=O) groups excluding carboxylic acids is 1. The second kappa shape index (κ2) is 6.75. The summed E-state index contributed by atoms with van der Waals surface area (Å²) in [5, 5.41) is 8.75. The molecule has 1 heterocycles. The van der Waals surface area contributed by atoms with Crippen molar-refractivity contribution >= 4 is 23.3 Å². The van der Waals surface area contributed by atoms with E-state index in [0.717, 1.165) is 15.5 Å². The molecule has 0 aliphatic carbocycles. The zero-order chi connectivity index (χ0) is 14.4. The van der Waals surface area contributed by atoms with Crippen molar-refractivity contribution in [3.8, 4) is 12.3 Å². The van der Waals surface area contributed by atoms with E-state index in [1.807, 2.05) is 6.92 Å². The summed E-state index contributed by atoms with van der Waals surface area (Å²) >= 11 is 1.45. The smallest absolute Gasteiger partial charge is 0.323 e. The van der Waals surface area contributed by atoms with Gasteiger partial charge in [-0.25, -0.2) is 9.78 Å². The summed E-state index contributed by atoms with van der Waals surface area (Å²) in [7, 11) is 1.60. The zero-order valence-electron chi connectivity index (χ0n) is 10.8. The number of hydrogen-bond donors (Lipinski definition) is 1. The van der Waals surface area contributed by atoms with Gasteiger partial charge in [-0.2, -0.15) is 0 Å². The zero-order valence-corrected chi connectivity index (χ0v) is 11.6. The Labute approximate surface area is 115 Å². The molecule has 1 N–H and O–H groups in total. The van der Waals surface area contributed by atoms with Gasteiger partial charge >= 0.3 is 12.0 Å². The van der Waals surface area contributed by atoms with Crippen LogP contribution in [0.4, 0.5) is 4.79 Å². The number of carboxylic acid groups (broad SMARTS) is 1. The number of nitrogens with zero attached hydrogens (tertiary/aromatic N) is 3. The Morgan fingerprint density at radius 2 is 2.26 bits per heavy atom. The molecule has 7 heteroatoms. The van der Waals surface area contributed by atoms with E-state index in [-0.39, 0.29) is 6.54 Å². The third-order valence-corrected chi connectivity index (χ3v) is 3.35. The summed E-state index contributed by atoms with van der Waals surface area (Å²) in [6.07, 6.45) is 5.14. The van der Waals surface area contributed by atoms with Gasteiger partial charge in [0.1, 0.15) is 6.54 Å². The van der Waals surface area contributed by atoms with Crippen LogP contribution in [0.2, 0.25) is 0 Å². The van der Waals surface area contributed by atoms with Crippen LogP contribution in [0.5, 0.6) is 0 Å². The molecule has 1 rings (SSSR count). The minimum Gasteiger partial charge on any atom is -0.480 e. The first-order valence-corrected chi connectivity index (χ1v) is 6.38. The Bertz CT molecular complexity index is 507. The summed E-state index contributed by atoms with van der Waals surface area (Å²) in [4.78, 5) is 30.4. The SMILES string of the molecule is C#CCN(CC(=O)O)C(=O)N(C)Cc1scnc1C. The van der Waals surface area contributed by atoms with Crippen molar-refractivity contribution in [3.05, 3.63) is 16.1 Å². The Hall–Kier alpha value is -2.07. The van der Waals surface area contributed by atoms with E-state index >= 15 is 0 Å². The van der Waals surface area contributed by atoms with Gasteiger partial charge in [-0.15, -0.1) is 17.8 Å². The number of aromatic nitrogens is 1. The van der Waals surface area contributed by atoms with Gasteiger partial charge in [0.05, 0.1) is 24.3 Å². The Morgan fingerprint density at radius 3 is 2.74 bits per heavy atom. The average Bonchev–Trinajstić information content (AvgIpc) is 2.73. The van der Waals surface area contributed by atoms with E-state index in [4.69, 9.17) is 11.5 Å². The number of terminal acetylenes is 1. The average molecular weight is 281 g/mol. The lowest BCUT2D eigenvalue weighted by Gasteiger charge is -2.25. The monoisotopic (exact) mass is 281 g/mol. The lowest BCUT2D eigenvalue weighted by molar-refractivity contribution is -0.137. The van der Waals surface area contributed by atoms with Crippen molar-refractivity contribution in [2.45, 2.75) is 13.5 Å². The van der Waals surface area contributed by atoms with Crippen LogP contribution in [0.25, 0.3) is 0 Å². The lowest BCUT2D eigenvalue weighted by atomic mass is 10.3. The Morgan fingerprint density at radius 1 is 1.58 bits per heavy atom. The molecule has 102 valence electrons. The van der Waals surface area contributed by atoms with Crippen LogP contribution in [0.15, 0.2) is 5.51 Å². The van der Waals surface area contributed by atoms with Crippen LogP contribution in [0.1, 0.15) is 10.6 Å². The fourth-order valence-corrected chi connectivity index (χ4v) is 2.30. The number of carbonyl (C=O) groups is 2. The van der Waals surface area contributed by atoms with Crippen LogP contribution in [0, 0.1) is 19.3 Å². The van der Waals surface area contributed by atoms with E-state index in [9.17, 15) is 9.59 Å². The fraction of sp³-hybridized carbons (Fsp3) is 0.417. The molecule has 0 aliphatic rings. The first-order valence-electron chi connectivity index (χ1n) is 5.50. The minimum absolute atomic E-state index is 0.0306. The standard InChI is InChI=1S/C12H15N3O3S/c1-4-5-15(7-11(16)17)12(18)14(3)6-10-9(2)13-8-19-10/h1,8H,5-7H2,2-3H3,(H,16,17). The first-order chi connectivity index (χ1) is 8.95. The van der Waals surface area contributed by atoms with E-state index in [0.29, 0.717) is 6.54 Å². The maximum atomic E-state index is 12.1. The van der Waals surface area contributed by atoms with Gasteiger partial charge in [-0.3, -0.25) is 4.79 Å². The quantitative estimate of drug-likeness (QED) is 0.818. The van der Waals surface area contributed by atoms with Crippen LogP contribution in [-0.4, -0.2) is 52.0 Å². The maximum Gasteiger partial charge on any atom is 0.323 e. The lowest BCUT2D eigenvalue weighted by Crippen LogP contribution is -2.43. The molecule has 0 radical (unpaired) electrons. The summed E-state index contributed by atoms with van der Waals surface area (Å²) in [5.41, 5.74) is 2.57. The highest BCUT2D eigenvalue weighted by atomic mass is 32.1. The Balaban J connectivity index is 2.71. The highest BCUT2D eigenvalue weighted by Crippen LogP contribution is 2.14. The van der Waals surface area contributed by atoms with Crippen LogP contribution in [0.3, 0.4) is 0 Å². The van der Waals surface area contributed by atoms with Gasteiger partial charge in [0.2, 0.25) is 0 Å². The van der Waals surface area contributed by atoms with Crippen molar-refractivity contribution in [3.63, 3.8) is 0 Å². The molecule has 0 atom stereocenters. The molecule has 1 aromatic heterocycles.